The Morgan fingerprint density at radius 2 is 1.23 bits per heavy atom. The fourth-order valence-electron chi connectivity index (χ4n) is 11.0. The third kappa shape index (κ3) is 5.91. The number of hydrogen-bond donors (Lipinski definition) is 0. The maximum absolute atomic E-state index is 2.57. The predicted octanol–water partition coefficient (Wildman–Crippen LogP) is 16.0. The van der Waals surface area contributed by atoms with Crippen molar-refractivity contribution in [3.63, 3.8) is 0 Å². The Kier molecular flexibility index (Phi) is 8.54. The summed E-state index contributed by atoms with van der Waals surface area (Å²) in [6.07, 6.45) is 7.56. The minimum absolute atomic E-state index is 0.0958. The zero-order chi connectivity index (χ0) is 41.4. The molecule has 0 amide bonds. The van der Waals surface area contributed by atoms with Gasteiger partial charge in [0, 0.05) is 16.2 Å². The topological polar surface area (TPSA) is 4.93 Å². The number of nitrogens with zero attached hydrogens (tertiary/aromatic N) is 1. The molecule has 1 atom stereocenters. The zero-order valence-electron chi connectivity index (χ0n) is 35.3. The molecule has 1 heteroatoms. The van der Waals surface area contributed by atoms with E-state index in [-0.39, 0.29) is 5.41 Å². The first-order valence-electron chi connectivity index (χ1n) is 22.2. The number of fused-ring (bicyclic) bond motifs is 9. The Labute approximate surface area is 364 Å². The molecule has 2 aliphatic rings. The zero-order valence-corrected chi connectivity index (χ0v) is 35.3. The van der Waals surface area contributed by atoms with Crippen molar-refractivity contribution in [3.8, 4) is 39.1 Å². The van der Waals surface area contributed by atoms with Crippen LogP contribution in [-0.2, 0) is 18.3 Å². The van der Waals surface area contributed by atoms with E-state index < -0.39 is 0 Å². The van der Waals surface area contributed by atoms with E-state index >= 15 is 0 Å². The number of aryl methyl sites for hydroxylation is 1. The van der Waals surface area contributed by atoms with Gasteiger partial charge in [0.1, 0.15) is 0 Å². The second-order valence-electron chi connectivity index (χ2n) is 18.0. The minimum Gasteiger partial charge on any atom is -0.308 e. The molecule has 1 aliphatic heterocycles. The summed E-state index contributed by atoms with van der Waals surface area (Å²) in [4.78, 5) is 0. The molecular weight excluding hydrogens is 747 g/mol. The number of hydrogen-bond acceptors (Lipinski definition) is 0. The van der Waals surface area contributed by atoms with Gasteiger partial charge in [-0.05, 0) is 126 Å². The first-order valence-corrected chi connectivity index (χ1v) is 22.2. The largest absolute Gasteiger partial charge is 0.308 e. The van der Waals surface area contributed by atoms with E-state index in [0.29, 0.717) is 5.92 Å². The van der Waals surface area contributed by atoms with E-state index in [0.717, 1.165) is 19.3 Å². The predicted molar refractivity (Wildman–Crippen MR) is 263 cm³/mol. The van der Waals surface area contributed by atoms with Crippen LogP contribution in [0, 0.1) is 0 Å². The van der Waals surface area contributed by atoms with Crippen LogP contribution < -0.4 is 0 Å². The molecule has 2 heterocycles. The van der Waals surface area contributed by atoms with Crippen molar-refractivity contribution in [2.24, 2.45) is 0 Å². The molecule has 0 fully saturated rings. The highest BCUT2D eigenvalue weighted by Crippen LogP contribution is 2.51. The van der Waals surface area contributed by atoms with E-state index in [1.54, 1.807) is 0 Å². The van der Waals surface area contributed by atoms with Crippen molar-refractivity contribution in [2.45, 2.75) is 44.4 Å². The Morgan fingerprint density at radius 3 is 2.13 bits per heavy atom. The fraction of sp³-hybridized carbons (Fsp3) is 0.115. The molecule has 0 saturated carbocycles. The lowest BCUT2D eigenvalue weighted by atomic mass is 9.79. The van der Waals surface area contributed by atoms with Gasteiger partial charge in [-0.1, -0.05) is 202 Å². The van der Waals surface area contributed by atoms with Crippen LogP contribution in [0.3, 0.4) is 0 Å². The van der Waals surface area contributed by atoms with E-state index in [4.69, 9.17) is 0 Å². The number of para-hydroxylation sites is 2. The third-order valence-corrected chi connectivity index (χ3v) is 14.1. The average Bonchev–Trinajstić information content (AvgIpc) is 3.70. The maximum atomic E-state index is 2.57. The fourth-order valence-corrected chi connectivity index (χ4v) is 11.0. The first-order chi connectivity index (χ1) is 30.5. The van der Waals surface area contributed by atoms with E-state index in [1.165, 1.54) is 111 Å². The molecule has 9 aromatic carbocycles. The summed E-state index contributed by atoms with van der Waals surface area (Å²) in [5.74, 6) is 0.324. The molecule has 0 bridgehead atoms. The van der Waals surface area contributed by atoms with E-state index in [9.17, 15) is 0 Å². The van der Waals surface area contributed by atoms with Crippen LogP contribution in [0.4, 0.5) is 0 Å². The van der Waals surface area contributed by atoms with E-state index in [2.05, 4.69) is 225 Å². The highest BCUT2D eigenvalue weighted by molar-refractivity contribution is 6.14. The SMILES string of the molecule is CC1(C)c2ccc(-c3ccccc3)cc2-c2ccc(C(CCc3cccc4c3c3cccc5c3n4-c3ccccc3C=C5)Cc3ccc(-c4cccc5ccccc45)cc3)cc21. The quantitative estimate of drug-likeness (QED) is 0.144. The molecule has 0 N–H and O–H groups in total. The molecule has 0 radical (unpaired) electrons. The summed E-state index contributed by atoms with van der Waals surface area (Å²) >= 11 is 0. The lowest BCUT2D eigenvalue weighted by Gasteiger charge is -2.24. The van der Waals surface area contributed by atoms with Crippen LogP contribution in [0.2, 0.25) is 0 Å². The summed E-state index contributed by atoms with van der Waals surface area (Å²) in [7, 11) is 0. The van der Waals surface area contributed by atoms with Gasteiger partial charge >= 0.3 is 0 Å². The van der Waals surface area contributed by atoms with Gasteiger partial charge in [-0.2, -0.15) is 0 Å². The summed E-state index contributed by atoms with van der Waals surface area (Å²) in [6, 6.07) is 72.8. The van der Waals surface area contributed by atoms with Gasteiger partial charge in [0.25, 0.3) is 0 Å². The van der Waals surface area contributed by atoms with Crippen LogP contribution in [0.1, 0.15) is 65.1 Å². The second kappa shape index (κ2) is 14.5. The van der Waals surface area contributed by atoms with Crippen molar-refractivity contribution in [1.82, 2.24) is 4.57 Å². The Bertz CT molecular complexity index is 3390. The molecule has 0 saturated heterocycles. The Balaban J connectivity index is 0.944. The summed E-state index contributed by atoms with van der Waals surface area (Å²) in [5, 5.41) is 5.29. The van der Waals surface area contributed by atoms with Gasteiger partial charge in [-0.3, -0.25) is 0 Å². The van der Waals surface area contributed by atoms with Gasteiger partial charge in [-0.15, -0.1) is 0 Å². The molecule has 1 nitrogen and oxygen atoms in total. The lowest BCUT2D eigenvalue weighted by molar-refractivity contribution is 0.615. The molecule has 1 aromatic heterocycles. The highest BCUT2D eigenvalue weighted by Gasteiger charge is 2.36. The first kappa shape index (κ1) is 36.6. The Hall–Kier alpha value is -7.22. The van der Waals surface area contributed by atoms with Crippen LogP contribution in [0.5, 0.6) is 0 Å². The van der Waals surface area contributed by atoms with Crippen LogP contribution in [0.15, 0.2) is 194 Å². The van der Waals surface area contributed by atoms with Gasteiger partial charge in [0.05, 0.1) is 16.7 Å². The third-order valence-electron chi connectivity index (χ3n) is 14.1. The number of rotatable bonds is 8. The van der Waals surface area contributed by atoms with Crippen LogP contribution in [0.25, 0.3) is 83.8 Å². The smallest absolute Gasteiger partial charge is 0.0613 e. The van der Waals surface area contributed by atoms with Gasteiger partial charge in [-0.25, -0.2) is 0 Å². The van der Waals surface area contributed by atoms with Gasteiger partial charge in [0.15, 0.2) is 0 Å². The summed E-state index contributed by atoms with van der Waals surface area (Å²) in [6.45, 7) is 4.83. The van der Waals surface area contributed by atoms with E-state index in [1.807, 2.05) is 0 Å². The molecule has 1 aliphatic carbocycles. The van der Waals surface area contributed by atoms with Gasteiger partial charge in [0.2, 0.25) is 0 Å². The molecule has 296 valence electrons. The summed E-state index contributed by atoms with van der Waals surface area (Å²) in [5.41, 5.74) is 21.1. The average molecular weight is 794 g/mol. The molecule has 10 aromatic rings. The molecule has 62 heavy (non-hydrogen) atoms. The number of aromatic nitrogens is 1. The van der Waals surface area contributed by atoms with Gasteiger partial charge < -0.3 is 4.57 Å². The van der Waals surface area contributed by atoms with Crippen molar-refractivity contribution >= 4 is 44.7 Å². The molecule has 0 spiro atoms. The van der Waals surface area contributed by atoms with Crippen molar-refractivity contribution in [2.75, 3.05) is 0 Å². The maximum Gasteiger partial charge on any atom is 0.0613 e. The summed E-state index contributed by atoms with van der Waals surface area (Å²) < 4.78 is 2.51. The monoisotopic (exact) mass is 793 g/mol. The number of benzene rings is 9. The molecule has 1 unspecified atom stereocenters. The molecule has 12 rings (SSSR count). The van der Waals surface area contributed by atoms with Crippen molar-refractivity contribution in [3.05, 3.63) is 233 Å². The highest BCUT2D eigenvalue weighted by atomic mass is 15.0. The lowest BCUT2D eigenvalue weighted by Crippen LogP contribution is -2.16. The minimum atomic E-state index is -0.0958. The van der Waals surface area contributed by atoms with Crippen molar-refractivity contribution in [1.29, 1.82) is 0 Å². The van der Waals surface area contributed by atoms with Crippen molar-refractivity contribution < 1.29 is 0 Å². The Morgan fingerprint density at radius 1 is 0.500 bits per heavy atom. The molecular formula is C61H47N. The second-order valence-corrected chi connectivity index (χ2v) is 18.0. The van der Waals surface area contributed by atoms with Crippen LogP contribution >= 0.6 is 0 Å². The standard InChI is InChI=1S/C61H47N/c1-61(2)55-36-34-48(41-13-4-3-5-14-41)38-54(55)52-35-33-49(39-56(52)61)47(37-40-25-27-43(28-26-40)51-21-10-17-42-15-6-8-20-50(42)51)32-30-45-18-12-24-58-59(45)53-22-11-19-46-31-29-44-16-7-9-23-57(44)62(58)60(46)53/h3-29,31,33-36,38-39,47H,30,32,37H2,1-2H3. The van der Waals surface area contributed by atoms with Crippen LogP contribution in [-0.4, -0.2) is 4.57 Å². The normalized spacial score (nSPS) is 13.8.